The number of fused-ring (bicyclic) bond motifs is 5. The van der Waals surface area contributed by atoms with E-state index in [-0.39, 0.29) is 0 Å². The van der Waals surface area contributed by atoms with Gasteiger partial charge in [0.25, 0.3) is 0 Å². The van der Waals surface area contributed by atoms with Gasteiger partial charge in [0.15, 0.2) is 0 Å². The van der Waals surface area contributed by atoms with Gasteiger partial charge in [0.2, 0.25) is 0 Å². The summed E-state index contributed by atoms with van der Waals surface area (Å²) in [6, 6.07) is 0. The smallest absolute Gasteiger partial charge is 0.0500 e. The first kappa shape index (κ1) is 17.0. The zero-order chi connectivity index (χ0) is 17.7. The van der Waals surface area contributed by atoms with E-state index in [0.29, 0.717) is 5.92 Å². The average Bonchev–Trinajstić information content (AvgIpc) is 3.03. The Kier molecular flexibility index (Phi) is 4.43. The molecular weight excluding hydrogens is 318 g/mol. The second-order valence-electron chi connectivity index (χ2n) is 9.68. The van der Waals surface area contributed by atoms with E-state index in [9.17, 15) is 0 Å². The van der Waals surface area contributed by atoms with Gasteiger partial charge in [-0.1, -0.05) is 30.2 Å². The molecule has 140 valence electrons. The van der Waals surface area contributed by atoms with Gasteiger partial charge in [-0.3, -0.25) is 4.99 Å². The van der Waals surface area contributed by atoms with Gasteiger partial charge in [0.05, 0.1) is 0 Å². The molecule has 0 aromatic carbocycles. The lowest BCUT2D eigenvalue weighted by Crippen LogP contribution is -2.30. The maximum atomic E-state index is 5.99. The number of allylic oxidation sites excluding steroid dienone is 6. The summed E-state index contributed by atoms with van der Waals surface area (Å²) in [5, 5.41) is 0. The predicted octanol–water partition coefficient (Wildman–Crippen LogP) is 5.37. The van der Waals surface area contributed by atoms with Crippen LogP contribution in [0.4, 0.5) is 0 Å². The monoisotopic (exact) mass is 351 g/mol. The molecule has 0 aromatic heterocycles. The topological polar surface area (TPSA) is 21.6 Å². The number of aliphatic imine (C=N–C) groups is 1. The van der Waals surface area contributed by atoms with Crippen LogP contribution in [0.25, 0.3) is 0 Å². The summed E-state index contributed by atoms with van der Waals surface area (Å²) in [6.07, 6.45) is 15.4. The van der Waals surface area contributed by atoms with E-state index in [2.05, 4.69) is 32.1 Å². The number of hydrogen-bond acceptors (Lipinski definition) is 2. The standard InChI is InChI=1S/C24H33NO/c1-15-8-20(9-15)24-12-19-7-16(2)10-23(21(19)5-6-25-24)22-11-17-3-4-18(22)14-26-13-17/h7,10,12,15,17-18,20-22H,3-6,8-9,11,13-14H2,1-2H3. The van der Waals surface area contributed by atoms with Gasteiger partial charge in [-0.2, -0.15) is 0 Å². The second-order valence-corrected chi connectivity index (χ2v) is 9.68. The highest BCUT2D eigenvalue weighted by Gasteiger charge is 2.40. The summed E-state index contributed by atoms with van der Waals surface area (Å²) in [5.74, 6) is 4.47. The van der Waals surface area contributed by atoms with Gasteiger partial charge in [0, 0.05) is 37.3 Å². The normalized spacial score (nSPS) is 42.4. The Morgan fingerprint density at radius 1 is 1.00 bits per heavy atom. The highest BCUT2D eigenvalue weighted by Crippen LogP contribution is 2.47. The minimum atomic E-state index is 0.599. The van der Waals surface area contributed by atoms with Gasteiger partial charge < -0.3 is 4.74 Å². The van der Waals surface area contributed by atoms with Crippen LogP contribution in [0.15, 0.2) is 39.9 Å². The molecule has 0 N–H and O–H groups in total. The average molecular weight is 352 g/mol. The van der Waals surface area contributed by atoms with E-state index >= 15 is 0 Å². The van der Waals surface area contributed by atoms with E-state index in [1.165, 1.54) is 49.8 Å². The Balaban J connectivity index is 1.44. The van der Waals surface area contributed by atoms with Crippen molar-refractivity contribution in [2.45, 2.75) is 52.4 Å². The van der Waals surface area contributed by atoms with E-state index in [1.807, 2.05) is 0 Å². The third kappa shape index (κ3) is 3.05. The van der Waals surface area contributed by atoms with Gasteiger partial charge in [-0.25, -0.2) is 0 Å². The lowest BCUT2D eigenvalue weighted by atomic mass is 9.66. The highest BCUT2D eigenvalue weighted by molar-refractivity contribution is 5.98. The number of hydrogen-bond donors (Lipinski definition) is 0. The van der Waals surface area contributed by atoms with Crippen LogP contribution in [0.1, 0.15) is 52.4 Å². The number of nitrogens with zero attached hydrogens (tertiary/aromatic N) is 1. The maximum Gasteiger partial charge on any atom is 0.0500 e. The van der Waals surface area contributed by atoms with Crippen LogP contribution in [0, 0.1) is 35.5 Å². The largest absolute Gasteiger partial charge is 0.381 e. The summed E-state index contributed by atoms with van der Waals surface area (Å²) in [4.78, 5) is 5.03. The van der Waals surface area contributed by atoms with Crippen molar-refractivity contribution in [1.82, 2.24) is 0 Å². The third-order valence-electron chi connectivity index (χ3n) is 7.63. The SMILES string of the molecule is CC1=CC2=CC(C3CC(C)C3)=NCCC2C(C2CC3CCC2COC3)=C1. The van der Waals surface area contributed by atoms with E-state index in [1.54, 1.807) is 11.1 Å². The van der Waals surface area contributed by atoms with Crippen LogP contribution in [0.2, 0.25) is 0 Å². The van der Waals surface area contributed by atoms with Crippen LogP contribution in [-0.4, -0.2) is 25.5 Å². The van der Waals surface area contributed by atoms with Crippen LogP contribution < -0.4 is 0 Å². The van der Waals surface area contributed by atoms with E-state index in [0.717, 1.165) is 49.3 Å². The van der Waals surface area contributed by atoms with Crippen molar-refractivity contribution < 1.29 is 4.74 Å². The summed E-state index contributed by atoms with van der Waals surface area (Å²) in [6.45, 7) is 7.64. The quantitative estimate of drug-likeness (QED) is 0.655. The predicted molar refractivity (Wildman–Crippen MR) is 107 cm³/mol. The van der Waals surface area contributed by atoms with Crippen molar-refractivity contribution in [2.24, 2.45) is 40.5 Å². The first-order valence-corrected chi connectivity index (χ1v) is 10.9. The summed E-state index contributed by atoms with van der Waals surface area (Å²) < 4.78 is 5.99. The van der Waals surface area contributed by atoms with Gasteiger partial charge in [-0.05, 0) is 80.8 Å². The minimum absolute atomic E-state index is 0.599. The molecular formula is C24H33NO. The number of rotatable bonds is 2. The zero-order valence-corrected chi connectivity index (χ0v) is 16.4. The molecule has 4 unspecified atom stereocenters. The van der Waals surface area contributed by atoms with Gasteiger partial charge in [-0.15, -0.1) is 0 Å². The molecule has 3 aliphatic heterocycles. The Morgan fingerprint density at radius 3 is 2.73 bits per heavy atom. The molecule has 2 nitrogen and oxygen atoms in total. The zero-order valence-electron chi connectivity index (χ0n) is 16.4. The second kappa shape index (κ2) is 6.78. The molecule has 4 fully saturated rings. The third-order valence-corrected chi connectivity index (χ3v) is 7.63. The molecule has 2 bridgehead atoms. The molecule has 3 aliphatic carbocycles. The summed E-state index contributed by atoms with van der Waals surface area (Å²) >= 11 is 0. The van der Waals surface area contributed by atoms with E-state index in [4.69, 9.17) is 9.73 Å². The van der Waals surface area contributed by atoms with E-state index < -0.39 is 0 Å². The molecule has 6 rings (SSSR count). The van der Waals surface area contributed by atoms with Crippen molar-refractivity contribution in [3.05, 3.63) is 34.9 Å². The molecule has 4 atom stereocenters. The van der Waals surface area contributed by atoms with Gasteiger partial charge in [0.1, 0.15) is 0 Å². The van der Waals surface area contributed by atoms with Crippen molar-refractivity contribution in [2.75, 3.05) is 19.8 Å². The van der Waals surface area contributed by atoms with Crippen molar-refractivity contribution in [3.63, 3.8) is 0 Å². The molecule has 2 saturated carbocycles. The van der Waals surface area contributed by atoms with Crippen molar-refractivity contribution in [1.29, 1.82) is 0 Å². The molecule has 2 saturated heterocycles. The van der Waals surface area contributed by atoms with Gasteiger partial charge >= 0.3 is 0 Å². The van der Waals surface area contributed by atoms with Crippen LogP contribution in [0.5, 0.6) is 0 Å². The minimum Gasteiger partial charge on any atom is -0.381 e. The van der Waals surface area contributed by atoms with Crippen LogP contribution >= 0.6 is 0 Å². The van der Waals surface area contributed by atoms with Crippen LogP contribution in [0.3, 0.4) is 0 Å². The Bertz CT molecular complexity index is 687. The first-order chi connectivity index (χ1) is 12.7. The molecule has 6 aliphatic rings. The first-order valence-electron chi connectivity index (χ1n) is 10.9. The fourth-order valence-electron chi connectivity index (χ4n) is 6.20. The lowest BCUT2D eigenvalue weighted by Gasteiger charge is -2.38. The summed E-state index contributed by atoms with van der Waals surface area (Å²) in [5.41, 5.74) is 6.11. The molecule has 2 heteroatoms. The fourth-order valence-corrected chi connectivity index (χ4v) is 6.20. The highest BCUT2D eigenvalue weighted by atomic mass is 16.5. The summed E-state index contributed by atoms with van der Waals surface area (Å²) in [7, 11) is 0. The molecule has 3 heterocycles. The fraction of sp³-hybridized carbons (Fsp3) is 0.708. The molecule has 0 amide bonds. The molecule has 0 spiro atoms. The van der Waals surface area contributed by atoms with Crippen LogP contribution in [-0.2, 0) is 4.74 Å². The maximum absolute atomic E-state index is 5.99. The Morgan fingerprint density at radius 2 is 1.88 bits per heavy atom. The lowest BCUT2D eigenvalue weighted by molar-refractivity contribution is 0.111. The number of ether oxygens (including phenoxy) is 1. The Labute approximate surface area is 158 Å². The van der Waals surface area contributed by atoms with Crippen molar-refractivity contribution >= 4 is 5.71 Å². The Hall–Kier alpha value is -1.15. The molecule has 0 aromatic rings. The van der Waals surface area contributed by atoms with Crippen molar-refractivity contribution in [3.8, 4) is 0 Å². The molecule has 0 radical (unpaired) electrons. The molecule has 26 heavy (non-hydrogen) atoms.